The summed E-state index contributed by atoms with van der Waals surface area (Å²) in [6.45, 7) is 2.14. The molecule has 0 amide bonds. The molecule has 0 atom stereocenters. The van der Waals surface area contributed by atoms with Crippen molar-refractivity contribution in [2.75, 3.05) is 10.4 Å². The molecule has 0 fully saturated rings. The molecule has 0 aliphatic carbocycles. The molecule has 0 nitrogen and oxygen atoms in total. The minimum atomic E-state index is 1.07. The van der Waals surface area contributed by atoms with Crippen molar-refractivity contribution in [2.24, 2.45) is 0 Å². The summed E-state index contributed by atoms with van der Waals surface area (Å²) in [4.78, 5) is 0. The molecule has 5 heavy (non-hydrogen) atoms. The predicted octanol–water partition coefficient (Wildman–Crippen LogP) is 2.09. The monoisotopic (exact) mass is 154 g/mol. The molecule has 0 aromatic heterocycles. The van der Waals surface area contributed by atoms with Crippen molar-refractivity contribution in [1.29, 1.82) is 0 Å². The maximum Gasteiger partial charge on any atom is 0.0490 e. The van der Waals surface area contributed by atoms with Crippen LogP contribution < -0.4 is 0 Å². The van der Waals surface area contributed by atoms with Crippen LogP contribution in [0.2, 0.25) is 0 Å². The topological polar surface area (TPSA) is 0 Å². The van der Waals surface area contributed by atoms with Gasteiger partial charge in [0.15, 0.2) is 0 Å². The molecule has 0 saturated carbocycles. The number of thioether (sulfide) groups is 1. The van der Waals surface area contributed by atoms with Gasteiger partial charge < -0.3 is 0 Å². The minimum absolute atomic E-state index is 1.07. The third-order valence-electron chi connectivity index (χ3n) is 0.281. The van der Waals surface area contributed by atoms with Gasteiger partial charge in [-0.2, -0.15) is 11.8 Å². The maximum atomic E-state index is 3.27. The van der Waals surface area contributed by atoms with Gasteiger partial charge in [-0.25, -0.2) is 0 Å². The van der Waals surface area contributed by atoms with E-state index in [2.05, 4.69) is 22.9 Å². The Balaban J connectivity index is 2.19. The molecule has 0 heterocycles. The summed E-state index contributed by atoms with van der Waals surface area (Å²) in [5.74, 6) is 1.21. The van der Waals surface area contributed by atoms with Crippen molar-refractivity contribution in [3.8, 4) is 0 Å². The highest BCUT2D eigenvalue weighted by Gasteiger charge is 1.68. The van der Waals surface area contributed by atoms with Gasteiger partial charge in [-0.15, -0.1) is 0 Å². The molecule has 0 saturated heterocycles. The molecule has 0 spiro atoms. The van der Waals surface area contributed by atoms with E-state index in [0.29, 0.717) is 0 Å². The Morgan fingerprint density at radius 2 is 2.40 bits per heavy atom. The van der Waals surface area contributed by atoms with Crippen molar-refractivity contribution in [1.82, 2.24) is 0 Å². The average Bonchev–Trinajstić information content (AvgIpc) is 1.41. The summed E-state index contributed by atoms with van der Waals surface area (Å²) >= 11 is 5.15. The van der Waals surface area contributed by atoms with Gasteiger partial charge in [-0.1, -0.05) is 22.9 Å². The fourth-order valence-electron chi connectivity index (χ4n) is 0.0772. The quantitative estimate of drug-likeness (QED) is 0.550. The van der Waals surface area contributed by atoms with Crippen LogP contribution in [0, 0.1) is 0 Å². The van der Waals surface area contributed by atoms with Gasteiger partial charge in [-0.3, -0.25) is 0 Å². The summed E-state index contributed by atoms with van der Waals surface area (Å²) in [7, 11) is 0. The highest BCUT2D eigenvalue weighted by Crippen LogP contribution is 2.00. The highest BCUT2D eigenvalue weighted by molar-refractivity contribution is 9.11. The van der Waals surface area contributed by atoms with Crippen LogP contribution in [0.15, 0.2) is 0 Å². The van der Waals surface area contributed by atoms with Crippen molar-refractivity contribution in [2.45, 2.75) is 6.92 Å². The molecule has 0 radical (unpaired) electrons. The smallest absolute Gasteiger partial charge is 0.0490 e. The lowest BCUT2D eigenvalue weighted by atomic mass is 11.0. The molecular formula is C3H7BrS. The number of alkyl halides is 1. The molecule has 0 aliphatic heterocycles. The Morgan fingerprint density at radius 1 is 1.80 bits per heavy atom. The van der Waals surface area contributed by atoms with Crippen molar-refractivity contribution in [3.63, 3.8) is 0 Å². The second-order valence-electron chi connectivity index (χ2n) is 0.602. The number of rotatable bonds is 2. The first-order chi connectivity index (χ1) is 2.41. The lowest BCUT2D eigenvalue weighted by Crippen LogP contribution is -1.59. The van der Waals surface area contributed by atoms with Gasteiger partial charge in [0.1, 0.15) is 0 Å². The summed E-state index contributed by atoms with van der Waals surface area (Å²) in [5.41, 5.74) is 0. The van der Waals surface area contributed by atoms with Crippen LogP contribution in [0.4, 0.5) is 0 Å². The zero-order valence-electron chi connectivity index (χ0n) is 3.20. The first kappa shape index (κ1) is 5.83. The zero-order valence-corrected chi connectivity index (χ0v) is 5.60. The zero-order chi connectivity index (χ0) is 4.12. The maximum absolute atomic E-state index is 3.27. The summed E-state index contributed by atoms with van der Waals surface area (Å²) < 4.78 is 1.07. The number of halogens is 1. The molecule has 0 unspecified atom stereocenters. The largest absolute Gasteiger partial charge is 0.151 e. The summed E-state index contributed by atoms with van der Waals surface area (Å²) in [6.07, 6.45) is 0. The van der Waals surface area contributed by atoms with E-state index >= 15 is 0 Å². The Bertz CT molecular complexity index is 14.4. The van der Waals surface area contributed by atoms with Crippen LogP contribution in [-0.4, -0.2) is 10.4 Å². The molecule has 0 aromatic carbocycles. The van der Waals surface area contributed by atoms with E-state index in [9.17, 15) is 0 Å². The number of hydrogen-bond acceptors (Lipinski definition) is 1. The van der Waals surface area contributed by atoms with Crippen LogP contribution in [0.25, 0.3) is 0 Å². The number of hydrogen-bond donors (Lipinski definition) is 0. The lowest BCUT2D eigenvalue weighted by molar-refractivity contribution is 1.53. The van der Waals surface area contributed by atoms with Crippen LogP contribution in [0.3, 0.4) is 0 Å². The van der Waals surface area contributed by atoms with Gasteiger partial charge in [-0.05, 0) is 5.75 Å². The fourth-order valence-corrected chi connectivity index (χ4v) is 1.20. The van der Waals surface area contributed by atoms with E-state index in [1.807, 2.05) is 11.8 Å². The van der Waals surface area contributed by atoms with E-state index in [-0.39, 0.29) is 0 Å². The van der Waals surface area contributed by atoms with Crippen LogP contribution in [-0.2, 0) is 0 Å². The Hall–Kier alpha value is 0.830. The standard InChI is InChI=1S/C3H7BrS/c1-2-5-3-4/h2-3H2,1H3. The van der Waals surface area contributed by atoms with Gasteiger partial charge in [0.25, 0.3) is 0 Å². The Morgan fingerprint density at radius 3 is 2.40 bits per heavy atom. The molecule has 0 bridgehead atoms. The van der Waals surface area contributed by atoms with E-state index < -0.39 is 0 Å². The van der Waals surface area contributed by atoms with Crippen molar-refractivity contribution in [3.05, 3.63) is 0 Å². The van der Waals surface area contributed by atoms with Gasteiger partial charge in [0, 0.05) is 4.66 Å². The van der Waals surface area contributed by atoms with Gasteiger partial charge in [0.2, 0.25) is 0 Å². The summed E-state index contributed by atoms with van der Waals surface area (Å²) in [6, 6.07) is 0. The fraction of sp³-hybridized carbons (Fsp3) is 1.00. The first-order valence-corrected chi connectivity index (χ1v) is 3.83. The van der Waals surface area contributed by atoms with E-state index in [4.69, 9.17) is 0 Å². The van der Waals surface area contributed by atoms with Crippen molar-refractivity contribution < 1.29 is 0 Å². The lowest BCUT2D eigenvalue weighted by Gasteiger charge is -1.79. The van der Waals surface area contributed by atoms with Crippen molar-refractivity contribution >= 4 is 27.7 Å². The van der Waals surface area contributed by atoms with E-state index in [1.54, 1.807) is 0 Å². The second-order valence-corrected chi connectivity index (χ2v) is 3.18. The molecule has 32 valence electrons. The SMILES string of the molecule is CCSCBr. The third kappa shape index (κ3) is 4.83. The highest BCUT2D eigenvalue weighted by atomic mass is 79.9. The first-order valence-electron chi connectivity index (χ1n) is 1.55. The van der Waals surface area contributed by atoms with Crippen LogP contribution in [0.1, 0.15) is 6.92 Å². The predicted molar refractivity (Wildman–Crippen MR) is 31.9 cm³/mol. The second kappa shape index (κ2) is 4.83. The normalized spacial score (nSPS) is 8.40. The average molecular weight is 155 g/mol. The van der Waals surface area contributed by atoms with E-state index in [0.717, 1.165) is 4.66 Å². The molecule has 2 heteroatoms. The third-order valence-corrected chi connectivity index (χ3v) is 1.82. The summed E-state index contributed by atoms with van der Waals surface area (Å²) in [5, 5.41) is 0. The molecular weight excluding hydrogens is 148 g/mol. The Labute approximate surface area is 45.5 Å². The molecule has 0 N–H and O–H groups in total. The van der Waals surface area contributed by atoms with Crippen LogP contribution in [0.5, 0.6) is 0 Å². The molecule has 0 aliphatic rings. The molecule has 0 aromatic rings. The van der Waals surface area contributed by atoms with Crippen LogP contribution >= 0.6 is 27.7 Å². The van der Waals surface area contributed by atoms with Gasteiger partial charge >= 0.3 is 0 Å². The van der Waals surface area contributed by atoms with E-state index in [1.165, 1.54) is 5.75 Å². The Kier molecular flexibility index (Phi) is 5.63. The minimum Gasteiger partial charge on any atom is -0.151 e. The van der Waals surface area contributed by atoms with Gasteiger partial charge in [0.05, 0.1) is 0 Å². The molecule has 0 rings (SSSR count).